The van der Waals surface area contributed by atoms with Crippen LogP contribution in [0.15, 0.2) is 12.2 Å². The second-order valence-electron chi connectivity index (χ2n) is 5.30. The molecule has 1 saturated carbocycles. The number of rotatable bonds is 2. The van der Waals surface area contributed by atoms with Gasteiger partial charge in [-0.1, -0.05) is 26.0 Å². The summed E-state index contributed by atoms with van der Waals surface area (Å²) in [4.78, 5) is 0. The van der Waals surface area contributed by atoms with Crippen LogP contribution in [0, 0.1) is 11.3 Å². The third-order valence-electron chi connectivity index (χ3n) is 3.19. The van der Waals surface area contributed by atoms with Crippen molar-refractivity contribution in [2.75, 3.05) is 0 Å². The molecule has 0 saturated heterocycles. The first kappa shape index (κ1) is 12.7. The second kappa shape index (κ2) is 4.64. The molecule has 88 valence electrons. The van der Waals surface area contributed by atoms with Crippen molar-refractivity contribution in [1.29, 1.82) is 0 Å². The van der Waals surface area contributed by atoms with Gasteiger partial charge in [-0.25, -0.2) is 0 Å². The molecule has 0 radical (unpaired) electrons. The van der Waals surface area contributed by atoms with Gasteiger partial charge in [-0.3, -0.25) is 0 Å². The summed E-state index contributed by atoms with van der Waals surface area (Å²) in [5, 5.41) is 28.6. The maximum Gasteiger partial charge on any atom is 0.0692 e. The van der Waals surface area contributed by atoms with Gasteiger partial charge in [0.15, 0.2) is 0 Å². The fourth-order valence-corrected chi connectivity index (χ4v) is 2.44. The number of aliphatic hydroxyl groups is 3. The van der Waals surface area contributed by atoms with Gasteiger partial charge < -0.3 is 15.3 Å². The monoisotopic (exact) mass is 214 g/mol. The Kier molecular flexibility index (Phi) is 3.93. The van der Waals surface area contributed by atoms with Crippen molar-refractivity contribution in [1.82, 2.24) is 0 Å². The van der Waals surface area contributed by atoms with Crippen LogP contribution in [-0.2, 0) is 0 Å². The molecule has 4 atom stereocenters. The lowest BCUT2D eigenvalue weighted by molar-refractivity contribution is -0.0478. The van der Waals surface area contributed by atoms with Crippen molar-refractivity contribution < 1.29 is 15.3 Å². The van der Waals surface area contributed by atoms with Crippen LogP contribution in [0.1, 0.15) is 33.6 Å². The van der Waals surface area contributed by atoms with E-state index in [1.807, 2.05) is 19.9 Å². The molecule has 0 amide bonds. The summed E-state index contributed by atoms with van der Waals surface area (Å²) < 4.78 is 0. The molecule has 1 rings (SSSR count). The zero-order valence-corrected chi connectivity index (χ0v) is 9.72. The minimum absolute atomic E-state index is 0.00972. The molecule has 1 fully saturated rings. The van der Waals surface area contributed by atoms with Gasteiger partial charge in [0, 0.05) is 5.92 Å². The fraction of sp³-hybridized carbons (Fsp3) is 0.833. The van der Waals surface area contributed by atoms with Crippen LogP contribution in [0.3, 0.4) is 0 Å². The highest BCUT2D eigenvalue weighted by Crippen LogP contribution is 2.41. The molecule has 0 heterocycles. The molecular weight excluding hydrogens is 192 g/mol. The average molecular weight is 214 g/mol. The van der Waals surface area contributed by atoms with Crippen molar-refractivity contribution in [3.05, 3.63) is 12.2 Å². The molecular formula is C12H22O3. The normalized spacial score (nSPS) is 38.1. The summed E-state index contributed by atoms with van der Waals surface area (Å²) in [6.45, 7) is 5.76. The molecule has 0 aromatic carbocycles. The SMILES string of the molecule is CC(O)C=CC1C(O)CC(O)CC1(C)C. The Hall–Kier alpha value is -0.380. The molecule has 0 spiro atoms. The number of hydrogen-bond acceptors (Lipinski definition) is 3. The van der Waals surface area contributed by atoms with Gasteiger partial charge in [-0.15, -0.1) is 0 Å². The zero-order valence-electron chi connectivity index (χ0n) is 9.72. The third kappa shape index (κ3) is 3.30. The van der Waals surface area contributed by atoms with Gasteiger partial charge in [-0.2, -0.15) is 0 Å². The molecule has 3 N–H and O–H groups in total. The maximum absolute atomic E-state index is 9.89. The second-order valence-corrected chi connectivity index (χ2v) is 5.30. The molecule has 15 heavy (non-hydrogen) atoms. The summed E-state index contributed by atoms with van der Waals surface area (Å²) in [5.74, 6) is 0.00972. The number of aliphatic hydroxyl groups excluding tert-OH is 3. The Balaban J connectivity index is 2.76. The zero-order chi connectivity index (χ0) is 11.6. The van der Waals surface area contributed by atoms with E-state index >= 15 is 0 Å². The Morgan fingerprint density at radius 2 is 1.93 bits per heavy atom. The van der Waals surface area contributed by atoms with Crippen LogP contribution in [-0.4, -0.2) is 33.6 Å². The van der Waals surface area contributed by atoms with Crippen molar-refractivity contribution >= 4 is 0 Å². The standard InChI is InChI=1S/C12H22O3/c1-8(13)4-5-10-11(15)6-9(14)7-12(10,2)3/h4-5,8-11,13-15H,6-7H2,1-3H3. The highest BCUT2D eigenvalue weighted by Gasteiger charge is 2.40. The summed E-state index contributed by atoms with van der Waals surface area (Å²) in [7, 11) is 0. The van der Waals surface area contributed by atoms with Crippen LogP contribution in [0.25, 0.3) is 0 Å². The minimum Gasteiger partial charge on any atom is -0.393 e. The van der Waals surface area contributed by atoms with E-state index in [2.05, 4.69) is 0 Å². The van der Waals surface area contributed by atoms with Crippen LogP contribution < -0.4 is 0 Å². The Bertz CT molecular complexity index is 233. The maximum atomic E-state index is 9.89. The minimum atomic E-state index is -0.515. The van der Waals surface area contributed by atoms with Gasteiger partial charge in [0.05, 0.1) is 18.3 Å². The lowest BCUT2D eigenvalue weighted by Crippen LogP contribution is -2.43. The molecule has 4 unspecified atom stereocenters. The van der Waals surface area contributed by atoms with Crippen LogP contribution in [0.2, 0.25) is 0 Å². The number of hydrogen-bond donors (Lipinski definition) is 3. The van der Waals surface area contributed by atoms with E-state index in [9.17, 15) is 15.3 Å². The first-order valence-electron chi connectivity index (χ1n) is 5.55. The quantitative estimate of drug-likeness (QED) is 0.603. The Labute approximate surface area is 91.4 Å². The van der Waals surface area contributed by atoms with Crippen LogP contribution in [0.4, 0.5) is 0 Å². The molecule has 1 aliphatic rings. The summed E-state index contributed by atoms with van der Waals surface area (Å²) in [6.07, 6.45) is 3.29. The molecule has 0 aliphatic heterocycles. The molecule has 0 bridgehead atoms. The predicted octanol–water partition coefficient (Wildman–Crippen LogP) is 1.08. The van der Waals surface area contributed by atoms with Crippen molar-refractivity contribution in [3.63, 3.8) is 0 Å². The Morgan fingerprint density at radius 1 is 1.33 bits per heavy atom. The van der Waals surface area contributed by atoms with Crippen molar-refractivity contribution in [2.24, 2.45) is 11.3 Å². The van der Waals surface area contributed by atoms with Crippen molar-refractivity contribution in [3.8, 4) is 0 Å². The van der Waals surface area contributed by atoms with E-state index in [1.54, 1.807) is 13.0 Å². The lowest BCUT2D eigenvalue weighted by atomic mass is 9.66. The highest BCUT2D eigenvalue weighted by molar-refractivity contribution is 5.04. The Morgan fingerprint density at radius 3 is 2.40 bits per heavy atom. The first-order chi connectivity index (χ1) is 6.83. The average Bonchev–Trinajstić information content (AvgIpc) is 1.98. The smallest absolute Gasteiger partial charge is 0.0692 e. The van der Waals surface area contributed by atoms with Gasteiger partial charge in [0.1, 0.15) is 0 Å². The molecule has 0 aromatic heterocycles. The predicted molar refractivity (Wildman–Crippen MR) is 59.3 cm³/mol. The van der Waals surface area contributed by atoms with Gasteiger partial charge in [-0.05, 0) is 25.2 Å². The molecule has 3 heteroatoms. The lowest BCUT2D eigenvalue weighted by Gasteiger charge is -2.42. The first-order valence-corrected chi connectivity index (χ1v) is 5.55. The summed E-state index contributed by atoms with van der Waals surface area (Å²) >= 11 is 0. The largest absolute Gasteiger partial charge is 0.393 e. The third-order valence-corrected chi connectivity index (χ3v) is 3.19. The van der Waals surface area contributed by atoms with Crippen molar-refractivity contribution in [2.45, 2.75) is 51.9 Å². The molecule has 0 aromatic rings. The fourth-order valence-electron chi connectivity index (χ4n) is 2.44. The van der Waals surface area contributed by atoms with Gasteiger partial charge in [0.2, 0.25) is 0 Å². The molecule has 1 aliphatic carbocycles. The van der Waals surface area contributed by atoms with E-state index in [1.165, 1.54) is 0 Å². The summed E-state index contributed by atoms with van der Waals surface area (Å²) in [6, 6.07) is 0. The van der Waals surface area contributed by atoms with E-state index in [0.717, 1.165) is 0 Å². The highest BCUT2D eigenvalue weighted by atomic mass is 16.3. The van der Waals surface area contributed by atoms with E-state index in [0.29, 0.717) is 12.8 Å². The topological polar surface area (TPSA) is 60.7 Å². The molecule has 3 nitrogen and oxygen atoms in total. The van der Waals surface area contributed by atoms with Crippen LogP contribution in [0.5, 0.6) is 0 Å². The van der Waals surface area contributed by atoms with E-state index in [4.69, 9.17) is 0 Å². The summed E-state index contributed by atoms with van der Waals surface area (Å²) in [5.41, 5.74) is -0.123. The van der Waals surface area contributed by atoms with E-state index < -0.39 is 18.3 Å². The van der Waals surface area contributed by atoms with Crippen LogP contribution >= 0.6 is 0 Å². The van der Waals surface area contributed by atoms with E-state index in [-0.39, 0.29) is 11.3 Å². The van der Waals surface area contributed by atoms with Gasteiger partial charge in [0.25, 0.3) is 0 Å². The van der Waals surface area contributed by atoms with Gasteiger partial charge >= 0.3 is 0 Å².